The Kier molecular flexibility index (Phi) is 3.23. The predicted octanol–water partition coefficient (Wildman–Crippen LogP) is 3.16. The Bertz CT molecular complexity index is 443. The van der Waals surface area contributed by atoms with Crippen LogP contribution in [0.25, 0.3) is 0 Å². The Morgan fingerprint density at radius 1 is 1.47 bits per heavy atom. The highest BCUT2D eigenvalue weighted by molar-refractivity contribution is 8.00. The molecular weight excluding hydrogens is 231 g/mol. The first-order valence-corrected chi connectivity index (χ1v) is 6.18. The van der Waals surface area contributed by atoms with Gasteiger partial charge in [-0.1, -0.05) is 11.8 Å². The lowest BCUT2D eigenvalue weighted by Crippen LogP contribution is -1.93. The molecule has 2 aromatic rings. The van der Waals surface area contributed by atoms with Crippen LogP contribution in [0.4, 0.5) is 10.1 Å². The minimum atomic E-state index is -0.251. The highest BCUT2D eigenvalue weighted by Gasteiger charge is 2.03. The average Bonchev–Trinajstić information content (AvgIpc) is 2.72. The zero-order valence-electron chi connectivity index (χ0n) is 7.81. The van der Waals surface area contributed by atoms with Crippen molar-refractivity contribution < 1.29 is 4.39 Å². The van der Waals surface area contributed by atoms with Crippen molar-refractivity contribution in [2.24, 2.45) is 0 Å². The molecule has 0 atom stereocenters. The van der Waals surface area contributed by atoms with E-state index in [9.17, 15) is 4.39 Å². The number of rotatable bonds is 3. The maximum atomic E-state index is 12.9. The lowest BCUT2D eigenvalue weighted by molar-refractivity contribution is 0.627. The van der Waals surface area contributed by atoms with E-state index in [0.29, 0.717) is 11.4 Å². The number of anilines is 1. The molecule has 0 spiro atoms. The van der Waals surface area contributed by atoms with Crippen LogP contribution in [-0.4, -0.2) is 4.98 Å². The zero-order chi connectivity index (χ0) is 10.7. The van der Waals surface area contributed by atoms with Crippen molar-refractivity contribution in [2.75, 3.05) is 5.73 Å². The van der Waals surface area contributed by atoms with Crippen LogP contribution in [0.15, 0.2) is 34.1 Å². The molecule has 0 bridgehead atoms. The fourth-order valence-corrected chi connectivity index (χ4v) is 2.76. The van der Waals surface area contributed by atoms with E-state index in [-0.39, 0.29) is 5.82 Å². The summed E-state index contributed by atoms with van der Waals surface area (Å²) in [4.78, 5) is 4.13. The molecule has 5 heteroatoms. The van der Waals surface area contributed by atoms with Crippen LogP contribution in [-0.2, 0) is 5.75 Å². The van der Waals surface area contributed by atoms with E-state index >= 15 is 0 Å². The van der Waals surface area contributed by atoms with E-state index in [4.69, 9.17) is 5.73 Å². The van der Waals surface area contributed by atoms with Gasteiger partial charge in [0.25, 0.3) is 0 Å². The summed E-state index contributed by atoms with van der Waals surface area (Å²) in [5.41, 5.74) is 7.17. The summed E-state index contributed by atoms with van der Waals surface area (Å²) < 4.78 is 13.9. The van der Waals surface area contributed by atoms with Gasteiger partial charge in [0.2, 0.25) is 0 Å². The van der Waals surface area contributed by atoms with Gasteiger partial charge in [-0.2, -0.15) is 0 Å². The van der Waals surface area contributed by atoms with Gasteiger partial charge >= 0.3 is 0 Å². The van der Waals surface area contributed by atoms with E-state index in [1.165, 1.54) is 12.1 Å². The third-order valence-corrected chi connectivity index (χ3v) is 3.88. The lowest BCUT2D eigenvalue weighted by Gasteiger charge is -2.03. The molecule has 0 saturated carbocycles. The third-order valence-electron chi connectivity index (χ3n) is 1.87. The number of nitrogen functional groups attached to an aromatic ring is 1. The van der Waals surface area contributed by atoms with Crippen LogP contribution in [0.2, 0.25) is 0 Å². The smallest absolute Gasteiger partial charge is 0.150 e. The zero-order valence-corrected chi connectivity index (χ0v) is 9.45. The molecule has 0 radical (unpaired) electrons. The molecule has 2 N–H and O–H groups in total. The molecular formula is C10H9FN2S2. The molecule has 78 valence electrons. The van der Waals surface area contributed by atoms with Crippen LogP contribution in [0.3, 0.4) is 0 Å². The molecule has 1 heterocycles. The topological polar surface area (TPSA) is 38.9 Å². The molecule has 0 aliphatic carbocycles. The highest BCUT2D eigenvalue weighted by Crippen LogP contribution is 2.27. The minimum absolute atomic E-state index is 0.251. The van der Waals surface area contributed by atoms with E-state index < -0.39 is 0 Å². The molecule has 0 saturated heterocycles. The van der Waals surface area contributed by atoms with Crippen LogP contribution in [0, 0.1) is 5.82 Å². The minimum Gasteiger partial charge on any atom is -0.398 e. The van der Waals surface area contributed by atoms with Gasteiger partial charge in [-0.25, -0.2) is 9.37 Å². The van der Waals surface area contributed by atoms with Crippen molar-refractivity contribution in [3.63, 3.8) is 0 Å². The molecule has 2 nitrogen and oxygen atoms in total. The number of thioether (sulfide) groups is 1. The Hall–Kier alpha value is -1.07. The van der Waals surface area contributed by atoms with Crippen molar-refractivity contribution in [1.82, 2.24) is 4.98 Å². The lowest BCUT2D eigenvalue weighted by atomic mass is 10.2. The molecule has 0 amide bonds. The first kappa shape index (κ1) is 10.4. The van der Waals surface area contributed by atoms with E-state index in [2.05, 4.69) is 4.98 Å². The second-order valence-corrected chi connectivity index (χ2v) is 5.05. The maximum absolute atomic E-state index is 12.9. The molecule has 1 aromatic carbocycles. The van der Waals surface area contributed by atoms with Gasteiger partial charge in [-0.15, -0.1) is 11.3 Å². The standard InChI is InChI=1S/C10H9FN2S2/c11-8-1-2-9(12)7(5-8)6-15-10-13-3-4-14-10/h1-5H,6,12H2. The summed E-state index contributed by atoms with van der Waals surface area (Å²) >= 11 is 3.13. The first-order chi connectivity index (χ1) is 7.25. The van der Waals surface area contributed by atoms with E-state index in [0.717, 1.165) is 9.90 Å². The fourth-order valence-electron chi connectivity index (χ4n) is 1.12. The summed E-state index contributed by atoms with van der Waals surface area (Å²) in [5.74, 6) is 0.399. The molecule has 2 rings (SSSR count). The number of nitrogens with zero attached hydrogens (tertiary/aromatic N) is 1. The van der Waals surface area contributed by atoms with Crippen LogP contribution >= 0.6 is 23.1 Å². The number of benzene rings is 1. The summed E-state index contributed by atoms with van der Waals surface area (Å²) in [7, 11) is 0. The number of thiazole rings is 1. The number of halogens is 1. The molecule has 0 unspecified atom stereocenters. The summed E-state index contributed by atoms with van der Waals surface area (Å²) in [6.07, 6.45) is 1.75. The maximum Gasteiger partial charge on any atom is 0.150 e. The van der Waals surface area contributed by atoms with Gasteiger partial charge in [0.15, 0.2) is 0 Å². The monoisotopic (exact) mass is 240 g/mol. The van der Waals surface area contributed by atoms with Crippen LogP contribution in [0.5, 0.6) is 0 Å². The van der Waals surface area contributed by atoms with Crippen molar-refractivity contribution >= 4 is 28.8 Å². The van der Waals surface area contributed by atoms with Gasteiger partial charge < -0.3 is 5.73 Å². The fraction of sp³-hybridized carbons (Fsp3) is 0.100. The quantitative estimate of drug-likeness (QED) is 0.661. The van der Waals surface area contributed by atoms with Gasteiger partial charge in [0.1, 0.15) is 10.2 Å². The van der Waals surface area contributed by atoms with Crippen molar-refractivity contribution in [1.29, 1.82) is 0 Å². The average molecular weight is 240 g/mol. The Balaban J connectivity index is 2.07. The SMILES string of the molecule is Nc1ccc(F)cc1CSc1nccs1. The highest BCUT2D eigenvalue weighted by atomic mass is 32.2. The normalized spacial score (nSPS) is 10.5. The Morgan fingerprint density at radius 3 is 3.07 bits per heavy atom. The predicted molar refractivity (Wildman–Crippen MR) is 62.5 cm³/mol. The largest absolute Gasteiger partial charge is 0.398 e. The Morgan fingerprint density at radius 2 is 2.33 bits per heavy atom. The van der Waals surface area contributed by atoms with Gasteiger partial charge in [0, 0.05) is 23.0 Å². The van der Waals surface area contributed by atoms with Crippen LogP contribution < -0.4 is 5.73 Å². The number of aromatic nitrogens is 1. The second-order valence-electron chi connectivity index (χ2n) is 2.93. The summed E-state index contributed by atoms with van der Waals surface area (Å²) in [6, 6.07) is 4.43. The molecule has 1 aromatic heterocycles. The summed E-state index contributed by atoms with van der Waals surface area (Å²) in [5, 5.41) is 1.91. The van der Waals surface area contributed by atoms with Gasteiger partial charge in [-0.3, -0.25) is 0 Å². The number of hydrogen-bond acceptors (Lipinski definition) is 4. The molecule has 0 aliphatic rings. The number of hydrogen-bond donors (Lipinski definition) is 1. The second kappa shape index (κ2) is 4.63. The molecule has 0 fully saturated rings. The van der Waals surface area contributed by atoms with Crippen LogP contribution in [0.1, 0.15) is 5.56 Å². The third kappa shape index (κ3) is 2.70. The summed E-state index contributed by atoms with van der Waals surface area (Å²) in [6.45, 7) is 0. The van der Waals surface area contributed by atoms with E-state index in [1.54, 1.807) is 35.4 Å². The van der Waals surface area contributed by atoms with Gasteiger partial charge in [-0.05, 0) is 23.8 Å². The van der Waals surface area contributed by atoms with E-state index in [1.807, 2.05) is 5.38 Å². The van der Waals surface area contributed by atoms with Crippen molar-refractivity contribution in [3.8, 4) is 0 Å². The van der Waals surface area contributed by atoms with Crippen molar-refractivity contribution in [2.45, 2.75) is 10.1 Å². The molecule has 0 aliphatic heterocycles. The number of nitrogens with two attached hydrogens (primary N) is 1. The Labute approximate surface area is 95.3 Å². The van der Waals surface area contributed by atoms with Gasteiger partial charge in [0.05, 0.1) is 0 Å². The van der Waals surface area contributed by atoms with Crippen molar-refractivity contribution in [3.05, 3.63) is 41.2 Å². The first-order valence-electron chi connectivity index (χ1n) is 4.32. The molecule has 15 heavy (non-hydrogen) atoms.